The smallest absolute Gasteiger partial charge is 0.270 e. The van der Waals surface area contributed by atoms with Gasteiger partial charge in [0.05, 0.1) is 23.8 Å². The van der Waals surface area contributed by atoms with Gasteiger partial charge in [-0.2, -0.15) is 5.10 Å². The Bertz CT molecular complexity index is 870. The van der Waals surface area contributed by atoms with Crippen molar-refractivity contribution in [1.82, 2.24) is 25.0 Å². The maximum atomic E-state index is 12.0. The highest BCUT2D eigenvalue weighted by Gasteiger charge is 2.26. The highest BCUT2D eigenvalue weighted by atomic mass is 32.1. The van der Waals surface area contributed by atoms with Crippen LogP contribution in [0.3, 0.4) is 0 Å². The van der Waals surface area contributed by atoms with Crippen molar-refractivity contribution in [3.8, 4) is 0 Å². The van der Waals surface area contributed by atoms with Gasteiger partial charge in [0.1, 0.15) is 17.2 Å². The molecule has 0 saturated carbocycles. The lowest BCUT2D eigenvalue weighted by Crippen LogP contribution is -2.38. The van der Waals surface area contributed by atoms with Crippen LogP contribution in [-0.4, -0.2) is 38.7 Å². The van der Waals surface area contributed by atoms with E-state index in [4.69, 9.17) is 4.42 Å². The number of hydrogen-bond acceptors (Lipinski definition) is 6. The molecule has 3 aromatic rings. The topological polar surface area (TPSA) is 76.2 Å². The predicted molar refractivity (Wildman–Crippen MR) is 97.9 cm³/mol. The summed E-state index contributed by atoms with van der Waals surface area (Å²) in [6, 6.07) is 6.31. The van der Waals surface area contributed by atoms with Crippen LogP contribution in [0.2, 0.25) is 0 Å². The first-order chi connectivity index (χ1) is 12.7. The van der Waals surface area contributed by atoms with Gasteiger partial charge in [0.15, 0.2) is 0 Å². The number of carbonyl (C=O) groups is 1. The molecule has 7 nitrogen and oxygen atoms in total. The SMILES string of the molecule is Cc1ccc(CN2Cc3ccnn3C(CCNC(=O)c3cscn3)C2)o1. The fraction of sp³-hybridized carbons (Fsp3) is 0.389. The van der Waals surface area contributed by atoms with Crippen LogP contribution in [0, 0.1) is 6.92 Å². The van der Waals surface area contributed by atoms with E-state index in [2.05, 4.69) is 31.0 Å². The molecule has 1 aliphatic heterocycles. The minimum atomic E-state index is -0.120. The van der Waals surface area contributed by atoms with Crippen molar-refractivity contribution in [2.45, 2.75) is 32.5 Å². The van der Waals surface area contributed by atoms with Crippen molar-refractivity contribution in [1.29, 1.82) is 0 Å². The number of aryl methyl sites for hydroxylation is 1. The molecule has 3 aromatic heterocycles. The molecule has 1 atom stereocenters. The number of hydrogen-bond donors (Lipinski definition) is 1. The lowest BCUT2D eigenvalue weighted by Gasteiger charge is -2.33. The van der Waals surface area contributed by atoms with E-state index < -0.39 is 0 Å². The zero-order valence-corrected chi connectivity index (χ0v) is 15.4. The van der Waals surface area contributed by atoms with E-state index >= 15 is 0 Å². The second-order valence-corrected chi connectivity index (χ2v) is 7.24. The van der Waals surface area contributed by atoms with Gasteiger partial charge in [-0.15, -0.1) is 11.3 Å². The second-order valence-electron chi connectivity index (χ2n) is 6.52. The Labute approximate surface area is 155 Å². The Kier molecular flexibility index (Phi) is 4.85. The van der Waals surface area contributed by atoms with E-state index in [1.807, 2.05) is 25.3 Å². The third-order valence-corrected chi connectivity index (χ3v) is 5.14. The fourth-order valence-corrected chi connectivity index (χ4v) is 3.89. The van der Waals surface area contributed by atoms with Gasteiger partial charge < -0.3 is 9.73 Å². The number of aromatic nitrogens is 3. The summed E-state index contributed by atoms with van der Waals surface area (Å²) in [5, 5.41) is 9.18. The van der Waals surface area contributed by atoms with E-state index in [9.17, 15) is 4.79 Å². The van der Waals surface area contributed by atoms with Gasteiger partial charge in [-0.1, -0.05) is 0 Å². The molecule has 4 rings (SSSR count). The molecule has 0 fully saturated rings. The zero-order chi connectivity index (χ0) is 17.9. The van der Waals surface area contributed by atoms with Gasteiger partial charge >= 0.3 is 0 Å². The normalized spacial score (nSPS) is 17.2. The van der Waals surface area contributed by atoms with Crippen molar-refractivity contribution in [2.24, 2.45) is 0 Å². The molecule has 1 unspecified atom stereocenters. The number of nitrogens with zero attached hydrogens (tertiary/aromatic N) is 4. The third-order valence-electron chi connectivity index (χ3n) is 4.56. The first-order valence-corrected chi connectivity index (χ1v) is 9.60. The molecule has 1 N–H and O–H groups in total. The van der Waals surface area contributed by atoms with Crippen LogP contribution in [0.1, 0.15) is 40.2 Å². The maximum Gasteiger partial charge on any atom is 0.270 e. The van der Waals surface area contributed by atoms with Gasteiger partial charge in [-0.05, 0) is 31.5 Å². The summed E-state index contributed by atoms with van der Waals surface area (Å²) < 4.78 is 7.80. The molecular formula is C18H21N5O2S. The van der Waals surface area contributed by atoms with E-state index in [1.54, 1.807) is 10.9 Å². The molecule has 136 valence electrons. The summed E-state index contributed by atoms with van der Waals surface area (Å²) in [6.45, 7) is 5.06. The molecule has 1 amide bonds. The summed E-state index contributed by atoms with van der Waals surface area (Å²) in [7, 11) is 0. The lowest BCUT2D eigenvalue weighted by atomic mass is 10.1. The van der Waals surface area contributed by atoms with Crippen LogP contribution in [0.4, 0.5) is 0 Å². The van der Waals surface area contributed by atoms with Crippen LogP contribution in [-0.2, 0) is 13.1 Å². The summed E-state index contributed by atoms with van der Waals surface area (Å²) in [4.78, 5) is 18.4. The van der Waals surface area contributed by atoms with Gasteiger partial charge in [0, 0.05) is 31.2 Å². The van der Waals surface area contributed by atoms with Crippen molar-refractivity contribution >= 4 is 17.2 Å². The molecule has 0 saturated heterocycles. The molecule has 8 heteroatoms. The molecule has 0 aromatic carbocycles. The van der Waals surface area contributed by atoms with E-state index in [-0.39, 0.29) is 11.9 Å². The predicted octanol–water partition coefficient (Wildman–Crippen LogP) is 2.62. The van der Waals surface area contributed by atoms with E-state index in [0.717, 1.165) is 37.6 Å². The Morgan fingerprint density at radius 1 is 1.42 bits per heavy atom. The number of amides is 1. The summed E-state index contributed by atoms with van der Waals surface area (Å²) in [6.07, 6.45) is 2.66. The number of rotatable bonds is 6. The quantitative estimate of drug-likeness (QED) is 0.721. The Morgan fingerprint density at radius 2 is 2.35 bits per heavy atom. The summed E-state index contributed by atoms with van der Waals surface area (Å²) in [5.74, 6) is 1.79. The molecule has 0 radical (unpaired) electrons. The summed E-state index contributed by atoms with van der Waals surface area (Å²) in [5.41, 5.74) is 3.34. The lowest BCUT2D eigenvalue weighted by molar-refractivity contribution is 0.0942. The zero-order valence-electron chi connectivity index (χ0n) is 14.6. The van der Waals surface area contributed by atoms with E-state index in [1.165, 1.54) is 17.0 Å². The largest absolute Gasteiger partial charge is 0.465 e. The van der Waals surface area contributed by atoms with Crippen LogP contribution in [0.5, 0.6) is 0 Å². The molecule has 1 aliphatic rings. The van der Waals surface area contributed by atoms with E-state index in [0.29, 0.717) is 12.2 Å². The Morgan fingerprint density at radius 3 is 3.12 bits per heavy atom. The number of nitrogens with one attached hydrogen (secondary N) is 1. The molecule has 0 spiro atoms. The van der Waals surface area contributed by atoms with Gasteiger partial charge in [-0.25, -0.2) is 4.98 Å². The molecule has 4 heterocycles. The van der Waals surface area contributed by atoms with Crippen molar-refractivity contribution in [2.75, 3.05) is 13.1 Å². The van der Waals surface area contributed by atoms with Crippen LogP contribution in [0.25, 0.3) is 0 Å². The molecule has 0 aliphatic carbocycles. The number of fused-ring (bicyclic) bond motifs is 1. The summed E-state index contributed by atoms with van der Waals surface area (Å²) >= 11 is 1.42. The highest BCUT2D eigenvalue weighted by Crippen LogP contribution is 2.24. The first-order valence-electron chi connectivity index (χ1n) is 8.65. The first kappa shape index (κ1) is 17.0. The third kappa shape index (κ3) is 3.71. The average Bonchev–Trinajstić information content (AvgIpc) is 3.36. The Balaban J connectivity index is 1.37. The van der Waals surface area contributed by atoms with Crippen molar-refractivity contribution < 1.29 is 9.21 Å². The van der Waals surface area contributed by atoms with Crippen LogP contribution >= 0.6 is 11.3 Å². The van der Waals surface area contributed by atoms with Crippen LogP contribution in [0.15, 0.2) is 39.7 Å². The number of thiazole rings is 1. The van der Waals surface area contributed by atoms with Gasteiger partial charge in [-0.3, -0.25) is 14.4 Å². The second kappa shape index (κ2) is 7.43. The maximum absolute atomic E-state index is 12.0. The van der Waals surface area contributed by atoms with Crippen LogP contribution < -0.4 is 5.32 Å². The fourth-order valence-electron chi connectivity index (χ4n) is 3.36. The molecular weight excluding hydrogens is 350 g/mol. The number of furan rings is 1. The highest BCUT2D eigenvalue weighted by molar-refractivity contribution is 7.07. The minimum Gasteiger partial charge on any atom is -0.465 e. The molecule has 26 heavy (non-hydrogen) atoms. The average molecular weight is 371 g/mol. The van der Waals surface area contributed by atoms with Gasteiger partial charge in [0.25, 0.3) is 5.91 Å². The molecule has 0 bridgehead atoms. The van der Waals surface area contributed by atoms with Crippen molar-refractivity contribution in [3.05, 3.63) is 58.2 Å². The van der Waals surface area contributed by atoms with Crippen molar-refractivity contribution in [3.63, 3.8) is 0 Å². The van der Waals surface area contributed by atoms with Gasteiger partial charge in [0.2, 0.25) is 0 Å². The monoisotopic (exact) mass is 371 g/mol. The Hall–Kier alpha value is -2.45. The minimum absolute atomic E-state index is 0.120. The number of carbonyl (C=O) groups excluding carboxylic acids is 1. The standard InChI is InChI=1S/C18H21N5O2S/c1-13-2-3-16(25-13)10-22-8-14(23-15(9-22)5-7-21-23)4-6-19-18(24)17-11-26-12-20-17/h2-3,5,7,11-12,14H,4,6,8-10H2,1H3,(H,19,24).